The number of benzene rings is 1. The zero-order chi connectivity index (χ0) is 26.2. The second kappa shape index (κ2) is 8.98. The van der Waals surface area contributed by atoms with Gasteiger partial charge in [0.2, 0.25) is 0 Å². The normalized spacial score (nSPS) is 34.7. The number of aromatic nitrogens is 2. The van der Waals surface area contributed by atoms with E-state index in [0.717, 1.165) is 45.6 Å². The van der Waals surface area contributed by atoms with E-state index >= 15 is 0 Å². The van der Waals surface area contributed by atoms with Crippen LogP contribution in [-0.4, -0.2) is 63.4 Å². The molecule has 3 heterocycles. The number of carbonyl (C=O) groups excluding carboxylic acids is 1. The van der Waals surface area contributed by atoms with Crippen LogP contribution >= 0.6 is 15.9 Å². The molecular weight excluding hydrogens is 559 g/mol. The number of rotatable bonds is 3. The molecule has 6 aliphatic rings. The quantitative estimate of drug-likeness (QED) is 0.473. The molecule has 4 saturated carbocycles. The highest BCUT2D eigenvalue weighted by Gasteiger charge is 2.54. The van der Waals surface area contributed by atoms with Gasteiger partial charge in [-0.05, 0) is 74.0 Å². The van der Waals surface area contributed by atoms with Crippen molar-refractivity contribution in [2.24, 2.45) is 17.8 Å². The fraction of sp³-hybridized carbons (Fsp3) is 0.643. The topological polar surface area (TPSA) is 53.4 Å². The first-order valence-electron chi connectivity index (χ1n) is 13.9. The van der Waals surface area contributed by atoms with Crippen molar-refractivity contribution in [3.63, 3.8) is 0 Å². The van der Waals surface area contributed by atoms with Crippen molar-refractivity contribution in [1.82, 2.24) is 19.6 Å². The summed E-state index contributed by atoms with van der Waals surface area (Å²) in [6, 6.07) is 4.90. The second-order valence-corrected chi connectivity index (χ2v) is 13.2. The molecule has 2 aliphatic heterocycles. The van der Waals surface area contributed by atoms with E-state index in [9.17, 15) is 18.0 Å². The predicted molar refractivity (Wildman–Crippen MR) is 141 cm³/mol. The molecule has 10 heteroatoms. The van der Waals surface area contributed by atoms with E-state index < -0.39 is 18.3 Å². The van der Waals surface area contributed by atoms with Crippen molar-refractivity contribution in [3.8, 4) is 0 Å². The Bertz CT molecular complexity index is 1180. The molecule has 8 rings (SSSR count). The van der Waals surface area contributed by atoms with Crippen LogP contribution in [0.4, 0.5) is 19.0 Å². The SMILES string of the molecule is O=C(c1cnn2c1N[C@@H](c1ccc(Br)cc1)C[C@@H]2C(F)(F)F)N1CCN(C23CC4CC(CC(C4)C2)C3)CC1. The molecule has 4 aliphatic carbocycles. The molecule has 0 radical (unpaired) electrons. The number of halogens is 4. The molecule has 1 N–H and O–H groups in total. The highest BCUT2D eigenvalue weighted by atomic mass is 79.9. The maximum Gasteiger partial charge on any atom is 0.410 e. The number of nitrogens with zero attached hydrogens (tertiary/aromatic N) is 4. The molecular formula is C28H33BrF3N5O. The van der Waals surface area contributed by atoms with Gasteiger partial charge in [0.1, 0.15) is 11.4 Å². The van der Waals surface area contributed by atoms with Gasteiger partial charge in [0.15, 0.2) is 6.04 Å². The molecule has 1 aromatic carbocycles. The highest BCUT2D eigenvalue weighted by Crippen LogP contribution is 2.58. The lowest BCUT2D eigenvalue weighted by atomic mass is 9.52. The molecule has 2 atom stereocenters. The Morgan fingerprint density at radius 1 is 0.947 bits per heavy atom. The van der Waals surface area contributed by atoms with Gasteiger partial charge in [0.05, 0.1) is 12.2 Å². The number of hydrogen-bond acceptors (Lipinski definition) is 4. The molecule has 4 bridgehead atoms. The highest BCUT2D eigenvalue weighted by molar-refractivity contribution is 9.10. The van der Waals surface area contributed by atoms with E-state index in [1.807, 2.05) is 29.2 Å². The van der Waals surface area contributed by atoms with Crippen LogP contribution in [-0.2, 0) is 0 Å². The van der Waals surface area contributed by atoms with Gasteiger partial charge in [-0.1, -0.05) is 28.1 Å². The third-order valence-corrected chi connectivity index (χ3v) is 10.5. The first kappa shape index (κ1) is 24.9. The Labute approximate surface area is 229 Å². The maximum absolute atomic E-state index is 14.1. The van der Waals surface area contributed by atoms with Crippen molar-refractivity contribution < 1.29 is 18.0 Å². The largest absolute Gasteiger partial charge is 0.410 e. The Morgan fingerprint density at radius 3 is 2.13 bits per heavy atom. The molecule has 2 aromatic rings. The zero-order valence-corrected chi connectivity index (χ0v) is 22.8. The van der Waals surface area contributed by atoms with E-state index in [-0.39, 0.29) is 23.7 Å². The average molecular weight is 593 g/mol. The Hall–Kier alpha value is -2.07. The summed E-state index contributed by atoms with van der Waals surface area (Å²) in [6.45, 7) is 2.87. The molecule has 6 nitrogen and oxygen atoms in total. The number of fused-ring (bicyclic) bond motifs is 1. The number of alkyl halides is 3. The van der Waals surface area contributed by atoms with Crippen LogP contribution in [0.1, 0.15) is 73.0 Å². The summed E-state index contributed by atoms with van der Waals surface area (Å²) in [5, 5.41) is 7.30. The lowest BCUT2D eigenvalue weighted by Crippen LogP contribution is -2.64. The third kappa shape index (κ3) is 4.17. The maximum atomic E-state index is 14.1. The second-order valence-electron chi connectivity index (χ2n) is 12.3. The molecule has 1 saturated heterocycles. The first-order valence-corrected chi connectivity index (χ1v) is 14.7. The van der Waals surface area contributed by atoms with Gasteiger partial charge in [-0.3, -0.25) is 9.69 Å². The fourth-order valence-corrected chi connectivity index (χ4v) is 8.90. The molecule has 1 aromatic heterocycles. The van der Waals surface area contributed by atoms with Crippen LogP contribution in [0.2, 0.25) is 0 Å². The smallest absolute Gasteiger partial charge is 0.363 e. The minimum atomic E-state index is -4.47. The molecule has 5 fully saturated rings. The minimum absolute atomic E-state index is 0.167. The van der Waals surface area contributed by atoms with E-state index in [0.29, 0.717) is 18.6 Å². The Balaban J connectivity index is 1.10. The number of amides is 1. The van der Waals surface area contributed by atoms with Crippen LogP contribution in [0.5, 0.6) is 0 Å². The summed E-state index contributed by atoms with van der Waals surface area (Å²) in [4.78, 5) is 18.1. The van der Waals surface area contributed by atoms with Crippen molar-refractivity contribution >= 4 is 27.7 Å². The average Bonchev–Trinajstić information content (AvgIpc) is 3.31. The first-order chi connectivity index (χ1) is 18.2. The molecule has 1 amide bonds. The predicted octanol–water partition coefficient (Wildman–Crippen LogP) is 6.03. The van der Waals surface area contributed by atoms with Gasteiger partial charge in [0, 0.05) is 42.6 Å². The van der Waals surface area contributed by atoms with Crippen molar-refractivity contribution in [3.05, 3.63) is 46.1 Å². The summed E-state index contributed by atoms with van der Waals surface area (Å²) < 4.78 is 44.1. The molecule has 0 spiro atoms. The zero-order valence-electron chi connectivity index (χ0n) is 21.3. The number of nitrogens with one attached hydrogen (secondary N) is 1. The number of carbonyl (C=O) groups is 1. The molecule has 204 valence electrons. The van der Waals surface area contributed by atoms with E-state index in [1.165, 1.54) is 44.7 Å². The van der Waals surface area contributed by atoms with Gasteiger partial charge in [0.25, 0.3) is 5.91 Å². The minimum Gasteiger partial charge on any atom is -0.363 e. The Morgan fingerprint density at radius 2 is 1.55 bits per heavy atom. The third-order valence-electron chi connectivity index (χ3n) is 9.98. The molecule has 0 unspecified atom stereocenters. The molecule has 38 heavy (non-hydrogen) atoms. The summed E-state index contributed by atoms with van der Waals surface area (Å²) in [5.41, 5.74) is 1.28. The van der Waals surface area contributed by atoms with Crippen LogP contribution in [0.15, 0.2) is 34.9 Å². The van der Waals surface area contributed by atoms with Gasteiger partial charge in [-0.25, -0.2) is 4.68 Å². The lowest BCUT2D eigenvalue weighted by molar-refractivity contribution is -0.173. The van der Waals surface area contributed by atoms with Crippen LogP contribution < -0.4 is 5.32 Å². The summed E-state index contributed by atoms with van der Waals surface area (Å²) in [6.07, 6.45) is 4.75. The van der Waals surface area contributed by atoms with Crippen LogP contribution in [0, 0.1) is 17.8 Å². The van der Waals surface area contributed by atoms with Crippen molar-refractivity contribution in [2.45, 2.75) is 68.7 Å². The number of piperazine rings is 1. The lowest BCUT2D eigenvalue weighted by Gasteiger charge is -2.61. The van der Waals surface area contributed by atoms with Gasteiger partial charge in [-0.2, -0.15) is 18.3 Å². The summed E-state index contributed by atoms with van der Waals surface area (Å²) >= 11 is 3.39. The number of hydrogen-bond donors (Lipinski definition) is 1. The van der Waals surface area contributed by atoms with E-state index in [1.54, 1.807) is 0 Å². The fourth-order valence-electron chi connectivity index (χ4n) is 8.64. The summed E-state index contributed by atoms with van der Waals surface area (Å²) in [7, 11) is 0. The Kier molecular flexibility index (Phi) is 5.89. The number of anilines is 1. The summed E-state index contributed by atoms with van der Waals surface area (Å²) in [5.74, 6) is 2.53. The van der Waals surface area contributed by atoms with Gasteiger partial charge in [-0.15, -0.1) is 0 Å². The van der Waals surface area contributed by atoms with E-state index in [2.05, 4.69) is 31.2 Å². The van der Waals surface area contributed by atoms with Crippen molar-refractivity contribution in [2.75, 3.05) is 31.5 Å². The monoisotopic (exact) mass is 591 g/mol. The van der Waals surface area contributed by atoms with Crippen LogP contribution in [0.25, 0.3) is 0 Å². The van der Waals surface area contributed by atoms with Crippen LogP contribution in [0.3, 0.4) is 0 Å². The van der Waals surface area contributed by atoms with Gasteiger partial charge >= 0.3 is 6.18 Å². The van der Waals surface area contributed by atoms with E-state index in [4.69, 9.17) is 0 Å². The van der Waals surface area contributed by atoms with Crippen molar-refractivity contribution in [1.29, 1.82) is 0 Å². The van der Waals surface area contributed by atoms with Gasteiger partial charge < -0.3 is 10.2 Å². The standard InChI is InChI=1S/C28H33BrF3N5O/c29-21-3-1-20(2-4-21)23-12-24(28(30,31)32)37-25(34-23)22(16-33-37)26(38)35-5-7-36(8-6-35)27-13-17-9-18(14-27)11-19(10-17)15-27/h1-4,16-19,23-24,34H,5-15H2/t17?,18?,19?,23-,24-,27?/m1/s1.